The molecule has 0 unspecified atom stereocenters. The van der Waals surface area contributed by atoms with Gasteiger partial charge in [0.15, 0.2) is 5.82 Å². The molecule has 0 atom stereocenters. The summed E-state index contributed by atoms with van der Waals surface area (Å²) in [6.07, 6.45) is 2.72. The zero-order chi connectivity index (χ0) is 11.8. The average Bonchev–Trinajstić information content (AvgIpc) is 2.72. The molecule has 0 aliphatic rings. The van der Waals surface area contributed by atoms with Gasteiger partial charge < -0.3 is 10.1 Å². The van der Waals surface area contributed by atoms with Crippen molar-refractivity contribution in [3.8, 4) is 0 Å². The van der Waals surface area contributed by atoms with Crippen LogP contribution in [0.2, 0.25) is 0 Å². The number of methoxy groups -OCH3 is 1. The predicted octanol–water partition coefficient (Wildman–Crippen LogP) is 0.980. The first-order valence-electron chi connectivity index (χ1n) is 5.51. The Balaban J connectivity index is 2.30. The van der Waals surface area contributed by atoms with E-state index < -0.39 is 0 Å². The fourth-order valence-corrected chi connectivity index (χ4v) is 1.21. The van der Waals surface area contributed by atoms with Crippen molar-refractivity contribution in [3.63, 3.8) is 0 Å². The predicted molar refractivity (Wildman–Crippen MR) is 63.0 cm³/mol. The highest BCUT2D eigenvalue weighted by Gasteiger charge is 2.00. The van der Waals surface area contributed by atoms with Crippen molar-refractivity contribution < 1.29 is 4.74 Å². The van der Waals surface area contributed by atoms with Crippen molar-refractivity contribution in [2.75, 3.05) is 20.3 Å². The number of allylic oxidation sites excluding steroid dienone is 1. The van der Waals surface area contributed by atoms with E-state index in [-0.39, 0.29) is 0 Å². The van der Waals surface area contributed by atoms with Crippen LogP contribution in [0.25, 0.3) is 0 Å². The summed E-state index contributed by atoms with van der Waals surface area (Å²) in [4.78, 5) is 4.21. The van der Waals surface area contributed by atoms with E-state index in [4.69, 9.17) is 4.74 Å². The van der Waals surface area contributed by atoms with E-state index in [1.165, 1.54) is 0 Å². The minimum atomic E-state index is 0.676. The smallest absolute Gasteiger partial charge is 0.164 e. The van der Waals surface area contributed by atoms with Crippen molar-refractivity contribution in [2.24, 2.45) is 0 Å². The van der Waals surface area contributed by atoms with Crippen LogP contribution < -0.4 is 5.32 Å². The molecule has 5 nitrogen and oxygen atoms in total. The Morgan fingerprint density at radius 1 is 1.62 bits per heavy atom. The molecule has 0 saturated heterocycles. The summed E-state index contributed by atoms with van der Waals surface area (Å²) < 4.78 is 6.75. The Bertz CT molecular complexity index is 322. The Labute approximate surface area is 96.5 Å². The Morgan fingerprint density at radius 3 is 3.12 bits per heavy atom. The van der Waals surface area contributed by atoms with Crippen LogP contribution in [0.1, 0.15) is 19.2 Å². The van der Waals surface area contributed by atoms with E-state index in [2.05, 4.69) is 28.9 Å². The summed E-state index contributed by atoms with van der Waals surface area (Å²) in [5.74, 6) is 0.806. The summed E-state index contributed by atoms with van der Waals surface area (Å²) in [5.41, 5.74) is 1.16. The van der Waals surface area contributed by atoms with Gasteiger partial charge in [-0.05, 0) is 6.42 Å². The first-order chi connectivity index (χ1) is 7.76. The third-order valence-corrected chi connectivity index (χ3v) is 2.24. The zero-order valence-corrected chi connectivity index (χ0v) is 10.1. The molecule has 1 aromatic heterocycles. The average molecular weight is 224 g/mol. The van der Waals surface area contributed by atoms with Gasteiger partial charge in [-0.3, -0.25) is 0 Å². The minimum Gasteiger partial charge on any atom is -0.383 e. The Kier molecular flexibility index (Phi) is 5.74. The largest absolute Gasteiger partial charge is 0.383 e. The molecule has 1 heterocycles. The van der Waals surface area contributed by atoms with Gasteiger partial charge in [0.1, 0.15) is 6.33 Å². The van der Waals surface area contributed by atoms with Crippen LogP contribution in [-0.4, -0.2) is 35.0 Å². The fraction of sp³-hybridized carbons (Fsp3) is 0.636. The van der Waals surface area contributed by atoms with Crippen LogP contribution in [0.5, 0.6) is 0 Å². The maximum Gasteiger partial charge on any atom is 0.164 e. The Morgan fingerprint density at radius 2 is 2.44 bits per heavy atom. The molecule has 0 radical (unpaired) electrons. The molecular formula is C11H20N4O. The molecule has 0 amide bonds. The lowest BCUT2D eigenvalue weighted by molar-refractivity contribution is 0.199. The fourth-order valence-electron chi connectivity index (χ4n) is 1.21. The van der Waals surface area contributed by atoms with Crippen LogP contribution in [-0.2, 0) is 17.8 Å². The van der Waals surface area contributed by atoms with Crippen molar-refractivity contribution in [1.29, 1.82) is 0 Å². The third kappa shape index (κ3) is 4.55. The minimum absolute atomic E-state index is 0.676. The lowest BCUT2D eigenvalue weighted by atomic mass is 10.2. The second-order valence-corrected chi connectivity index (χ2v) is 3.63. The second-order valence-electron chi connectivity index (χ2n) is 3.63. The standard InChI is InChI=1S/C11H20N4O/c1-4-10(2)8-15-9-13-11(14-15)7-12-5-6-16-3/h9,12H,2,4-8H2,1,3H3. The molecule has 0 aromatic carbocycles. The maximum absolute atomic E-state index is 4.93. The number of nitrogens with one attached hydrogen (secondary N) is 1. The van der Waals surface area contributed by atoms with Crippen molar-refractivity contribution in [1.82, 2.24) is 20.1 Å². The summed E-state index contributed by atoms with van der Waals surface area (Å²) >= 11 is 0. The number of hydrogen-bond donors (Lipinski definition) is 1. The molecule has 0 spiro atoms. The summed E-state index contributed by atoms with van der Waals surface area (Å²) in [7, 11) is 1.69. The van der Waals surface area contributed by atoms with Gasteiger partial charge in [-0.1, -0.05) is 19.1 Å². The highest BCUT2D eigenvalue weighted by atomic mass is 16.5. The summed E-state index contributed by atoms with van der Waals surface area (Å²) in [5, 5.41) is 7.53. The number of rotatable bonds is 8. The van der Waals surface area contributed by atoms with Gasteiger partial charge in [0.25, 0.3) is 0 Å². The van der Waals surface area contributed by atoms with Gasteiger partial charge >= 0.3 is 0 Å². The topological polar surface area (TPSA) is 52.0 Å². The first-order valence-corrected chi connectivity index (χ1v) is 5.51. The van der Waals surface area contributed by atoms with E-state index in [9.17, 15) is 0 Å². The monoisotopic (exact) mass is 224 g/mol. The Hall–Kier alpha value is -1.20. The van der Waals surface area contributed by atoms with Gasteiger partial charge in [0.05, 0.1) is 19.7 Å². The first kappa shape index (κ1) is 12.9. The van der Waals surface area contributed by atoms with E-state index in [0.717, 1.165) is 30.9 Å². The maximum atomic E-state index is 4.93. The molecule has 0 fully saturated rings. The highest BCUT2D eigenvalue weighted by Crippen LogP contribution is 2.00. The quantitative estimate of drug-likeness (QED) is 0.528. The SMILES string of the molecule is C=C(CC)Cn1cnc(CNCCOC)n1. The summed E-state index contributed by atoms with van der Waals surface area (Å²) in [6.45, 7) is 8.97. The van der Waals surface area contributed by atoms with Gasteiger partial charge in [-0.25, -0.2) is 9.67 Å². The third-order valence-electron chi connectivity index (χ3n) is 2.24. The molecule has 0 aliphatic heterocycles. The van der Waals surface area contributed by atoms with E-state index in [1.807, 2.05) is 4.68 Å². The van der Waals surface area contributed by atoms with E-state index in [0.29, 0.717) is 13.2 Å². The molecule has 0 saturated carbocycles. The normalized spacial score (nSPS) is 10.6. The second kappa shape index (κ2) is 7.14. The van der Waals surface area contributed by atoms with Gasteiger partial charge in [0.2, 0.25) is 0 Å². The highest BCUT2D eigenvalue weighted by molar-refractivity contribution is 4.93. The number of ether oxygens (including phenoxy) is 1. The van der Waals surface area contributed by atoms with Crippen molar-refractivity contribution in [2.45, 2.75) is 26.4 Å². The molecule has 5 heteroatoms. The lowest BCUT2D eigenvalue weighted by Crippen LogP contribution is -2.19. The molecule has 1 N–H and O–H groups in total. The number of hydrogen-bond acceptors (Lipinski definition) is 4. The number of nitrogens with zero attached hydrogens (tertiary/aromatic N) is 3. The van der Waals surface area contributed by atoms with E-state index in [1.54, 1.807) is 13.4 Å². The van der Waals surface area contributed by atoms with Crippen LogP contribution in [0, 0.1) is 0 Å². The molecule has 1 rings (SSSR count). The molecule has 90 valence electrons. The molecule has 0 bridgehead atoms. The van der Waals surface area contributed by atoms with Crippen LogP contribution in [0.15, 0.2) is 18.5 Å². The van der Waals surface area contributed by atoms with Crippen LogP contribution in [0.3, 0.4) is 0 Å². The molecular weight excluding hydrogens is 204 g/mol. The van der Waals surface area contributed by atoms with Gasteiger partial charge in [-0.15, -0.1) is 0 Å². The van der Waals surface area contributed by atoms with Crippen molar-refractivity contribution in [3.05, 3.63) is 24.3 Å². The van der Waals surface area contributed by atoms with E-state index >= 15 is 0 Å². The number of aromatic nitrogens is 3. The summed E-state index contributed by atoms with van der Waals surface area (Å²) in [6, 6.07) is 0. The molecule has 1 aromatic rings. The van der Waals surface area contributed by atoms with Gasteiger partial charge in [0, 0.05) is 13.7 Å². The van der Waals surface area contributed by atoms with Crippen LogP contribution in [0.4, 0.5) is 0 Å². The van der Waals surface area contributed by atoms with Crippen LogP contribution >= 0.6 is 0 Å². The van der Waals surface area contributed by atoms with Gasteiger partial charge in [-0.2, -0.15) is 5.10 Å². The molecule has 16 heavy (non-hydrogen) atoms. The zero-order valence-electron chi connectivity index (χ0n) is 10.1. The molecule has 0 aliphatic carbocycles. The lowest BCUT2D eigenvalue weighted by Gasteiger charge is -2.01. The van der Waals surface area contributed by atoms with Crippen molar-refractivity contribution >= 4 is 0 Å².